The molecule has 0 unspecified atom stereocenters. The Kier molecular flexibility index (Phi) is 5.57. The van der Waals surface area contributed by atoms with Crippen LogP contribution in [0.3, 0.4) is 0 Å². The van der Waals surface area contributed by atoms with Crippen molar-refractivity contribution >= 4 is 0 Å². The van der Waals surface area contributed by atoms with Crippen molar-refractivity contribution in [3.05, 3.63) is 38.9 Å². The lowest BCUT2D eigenvalue weighted by Gasteiger charge is -2.29. The third-order valence-corrected chi connectivity index (χ3v) is 3.51. The van der Waals surface area contributed by atoms with Gasteiger partial charge in [-0.3, -0.25) is 4.84 Å². The van der Waals surface area contributed by atoms with Gasteiger partial charge in [-0.25, -0.2) is 0 Å². The summed E-state index contributed by atoms with van der Waals surface area (Å²) in [5, 5.41) is 13.5. The fourth-order valence-corrected chi connectivity index (χ4v) is 2.35. The molecule has 5 heteroatoms. The van der Waals surface area contributed by atoms with Crippen LogP contribution in [-0.4, -0.2) is 11.6 Å². The summed E-state index contributed by atoms with van der Waals surface area (Å²) in [5.41, 5.74) is 2.36. The van der Waals surface area contributed by atoms with Gasteiger partial charge in [0.15, 0.2) is 0 Å². The van der Waals surface area contributed by atoms with E-state index < -0.39 is 5.09 Å². The van der Waals surface area contributed by atoms with E-state index in [0.717, 1.165) is 29.8 Å². The minimum atomic E-state index is -0.718. The molecule has 0 fully saturated rings. The number of benzene rings is 1. The molecule has 0 radical (unpaired) electrons. The maximum absolute atomic E-state index is 11.0. The summed E-state index contributed by atoms with van der Waals surface area (Å²) >= 11 is 0. The summed E-state index contributed by atoms with van der Waals surface area (Å²) in [6, 6.07) is 4.02. The predicted octanol–water partition coefficient (Wildman–Crippen LogP) is 3.96. The van der Waals surface area contributed by atoms with Gasteiger partial charge in [0.1, 0.15) is 5.75 Å². The van der Waals surface area contributed by atoms with Crippen LogP contribution < -0.4 is 10.2 Å². The van der Waals surface area contributed by atoms with Crippen molar-refractivity contribution in [3.8, 4) is 5.75 Å². The topological polar surface area (TPSA) is 64.4 Å². The number of nitrogens with one attached hydrogen (secondary N) is 1. The second-order valence-electron chi connectivity index (χ2n) is 7.62. The molecule has 1 aromatic rings. The largest absolute Gasteiger partial charge is 0.313 e. The van der Waals surface area contributed by atoms with E-state index in [2.05, 4.69) is 12.2 Å². The van der Waals surface area contributed by atoms with Crippen LogP contribution in [-0.2, 0) is 17.4 Å². The molecule has 0 amide bonds. The molecule has 0 bridgehead atoms. The number of nitrogens with zero attached hydrogens (tertiary/aromatic N) is 1. The van der Waals surface area contributed by atoms with Gasteiger partial charge in [0.05, 0.1) is 0 Å². The third kappa shape index (κ3) is 4.70. The zero-order valence-electron chi connectivity index (χ0n) is 14.7. The average Bonchev–Trinajstić information content (AvgIpc) is 2.33. The summed E-state index contributed by atoms with van der Waals surface area (Å²) in [6.45, 7) is 15.9. The average molecular weight is 308 g/mol. The smallest absolute Gasteiger partial charge is 0.299 e. The fraction of sp³-hybridized carbons (Fsp3) is 0.647. The van der Waals surface area contributed by atoms with E-state index in [1.165, 1.54) is 0 Å². The van der Waals surface area contributed by atoms with Crippen LogP contribution in [0.5, 0.6) is 5.75 Å². The van der Waals surface area contributed by atoms with E-state index in [9.17, 15) is 10.1 Å². The number of rotatable bonds is 5. The molecular weight excluding hydrogens is 280 g/mol. The maximum Gasteiger partial charge on any atom is 0.299 e. The van der Waals surface area contributed by atoms with E-state index in [0.29, 0.717) is 5.75 Å². The van der Waals surface area contributed by atoms with Gasteiger partial charge < -0.3 is 5.32 Å². The molecule has 1 rings (SSSR count). The molecule has 0 atom stereocenters. The Morgan fingerprint density at radius 2 is 1.55 bits per heavy atom. The van der Waals surface area contributed by atoms with Crippen molar-refractivity contribution in [3.63, 3.8) is 0 Å². The zero-order valence-corrected chi connectivity index (χ0v) is 14.7. The molecule has 0 saturated heterocycles. The Balaban J connectivity index is 3.58. The second kappa shape index (κ2) is 6.65. The lowest BCUT2D eigenvalue weighted by Crippen LogP contribution is -2.23. The van der Waals surface area contributed by atoms with E-state index in [-0.39, 0.29) is 10.8 Å². The van der Waals surface area contributed by atoms with Crippen LogP contribution in [0, 0.1) is 10.1 Å². The molecule has 0 aliphatic carbocycles. The maximum atomic E-state index is 11.0. The highest BCUT2D eigenvalue weighted by Crippen LogP contribution is 2.40. The van der Waals surface area contributed by atoms with Gasteiger partial charge in [-0.1, -0.05) is 60.6 Å². The van der Waals surface area contributed by atoms with E-state index in [1.807, 2.05) is 53.7 Å². The van der Waals surface area contributed by atoms with Crippen LogP contribution in [0.1, 0.15) is 65.2 Å². The van der Waals surface area contributed by atoms with Crippen LogP contribution in [0.4, 0.5) is 0 Å². The van der Waals surface area contributed by atoms with Crippen molar-refractivity contribution in [2.24, 2.45) is 0 Å². The Hall–Kier alpha value is -1.62. The molecule has 124 valence electrons. The van der Waals surface area contributed by atoms with Crippen molar-refractivity contribution in [1.29, 1.82) is 0 Å². The molecule has 0 aromatic heterocycles. The lowest BCUT2D eigenvalue weighted by molar-refractivity contribution is -0.711. The van der Waals surface area contributed by atoms with Crippen LogP contribution in [0.2, 0.25) is 0 Å². The molecule has 0 aliphatic rings. The molecule has 5 nitrogen and oxygen atoms in total. The summed E-state index contributed by atoms with van der Waals surface area (Å²) in [7, 11) is 0. The first-order valence-electron chi connectivity index (χ1n) is 7.67. The Morgan fingerprint density at radius 1 is 1.09 bits per heavy atom. The van der Waals surface area contributed by atoms with Crippen molar-refractivity contribution in [2.75, 3.05) is 6.54 Å². The SMILES string of the molecule is CCNCc1cc(C(C)(C)C)c(O[N+](=O)[O-])c(C(C)(C)C)c1. The standard InChI is InChI=1S/C17H28N2O3/c1-8-18-11-12-9-13(16(2,3)4)15(22-19(20)21)14(10-12)17(5,6)7/h9-10,18H,8,11H2,1-7H3. The number of hydrogen-bond donors (Lipinski definition) is 1. The van der Waals surface area contributed by atoms with E-state index >= 15 is 0 Å². The highest BCUT2D eigenvalue weighted by atomic mass is 17.0. The molecule has 22 heavy (non-hydrogen) atoms. The normalized spacial score (nSPS) is 12.3. The van der Waals surface area contributed by atoms with Crippen LogP contribution >= 0.6 is 0 Å². The van der Waals surface area contributed by atoms with Gasteiger partial charge in [-0.05, 0) is 34.1 Å². The molecule has 1 aromatic carbocycles. The van der Waals surface area contributed by atoms with Crippen LogP contribution in [0.15, 0.2) is 12.1 Å². The second-order valence-corrected chi connectivity index (χ2v) is 7.62. The fourth-order valence-electron chi connectivity index (χ4n) is 2.35. The first kappa shape index (κ1) is 18.4. The van der Waals surface area contributed by atoms with E-state index in [4.69, 9.17) is 4.84 Å². The summed E-state index contributed by atoms with van der Waals surface area (Å²) in [4.78, 5) is 15.9. The Labute approximate surface area is 133 Å². The first-order chi connectivity index (χ1) is 9.96. The summed E-state index contributed by atoms with van der Waals surface area (Å²) in [5.74, 6) is 0.380. The highest BCUT2D eigenvalue weighted by Gasteiger charge is 2.28. The van der Waals surface area contributed by atoms with Crippen molar-refractivity contribution in [1.82, 2.24) is 5.32 Å². The van der Waals surface area contributed by atoms with Gasteiger partial charge in [-0.15, -0.1) is 10.1 Å². The van der Waals surface area contributed by atoms with Crippen molar-refractivity contribution in [2.45, 2.75) is 65.8 Å². The van der Waals surface area contributed by atoms with Gasteiger partial charge in [0.2, 0.25) is 0 Å². The van der Waals surface area contributed by atoms with Crippen LogP contribution in [0.25, 0.3) is 0 Å². The quantitative estimate of drug-likeness (QED) is 0.660. The zero-order chi connectivity index (χ0) is 17.1. The van der Waals surface area contributed by atoms with E-state index in [1.54, 1.807) is 0 Å². The lowest BCUT2D eigenvalue weighted by atomic mass is 9.78. The minimum Gasteiger partial charge on any atom is -0.313 e. The van der Waals surface area contributed by atoms with Crippen molar-refractivity contribution < 1.29 is 9.92 Å². The number of hydrogen-bond acceptors (Lipinski definition) is 4. The summed E-state index contributed by atoms with van der Waals surface area (Å²) < 4.78 is 0. The molecule has 0 spiro atoms. The Morgan fingerprint density at radius 3 is 1.86 bits per heavy atom. The minimum absolute atomic E-state index is 0.242. The molecule has 0 heterocycles. The molecule has 0 saturated carbocycles. The molecule has 0 aliphatic heterocycles. The van der Waals surface area contributed by atoms with Gasteiger partial charge in [-0.2, -0.15) is 0 Å². The first-order valence-corrected chi connectivity index (χ1v) is 7.67. The third-order valence-electron chi connectivity index (χ3n) is 3.51. The summed E-state index contributed by atoms with van der Waals surface area (Å²) in [6.07, 6.45) is 0. The monoisotopic (exact) mass is 308 g/mol. The predicted molar refractivity (Wildman–Crippen MR) is 88.8 cm³/mol. The molecule has 1 N–H and O–H groups in total. The molecular formula is C17H28N2O3. The van der Waals surface area contributed by atoms with Gasteiger partial charge in [0, 0.05) is 6.54 Å². The van der Waals surface area contributed by atoms with Gasteiger partial charge >= 0.3 is 0 Å². The van der Waals surface area contributed by atoms with Gasteiger partial charge in [0.25, 0.3) is 5.09 Å². The Bertz CT molecular complexity index is 505. The highest BCUT2D eigenvalue weighted by molar-refractivity contribution is 5.50.